The van der Waals surface area contributed by atoms with Crippen molar-refractivity contribution < 1.29 is 19.4 Å². The fourth-order valence-electron chi connectivity index (χ4n) is 2.17. The van der Waals surface area contributed by atoms with Crippen LogP contribution in [0.3, 0.4) is 0 Å². The number of aliphatic carboxylic acids is 1. The monoisotopic (exact) mass is 348 g/mol. The van der Waals surface area contributed by atoms with Gasteiger partial charge in [0, 0.05) is 5.56 Å². The molecular formula is C17H20N2O4S. The maximum absolute atomic E-state index is 12.3. The Hall–Kier alpha value is -2.41. The first kappa shape index (κ1) is 17.9. The van der Waals surface area contributed by atoms with Crippen molar-refractivity contribution in [3.8, 4) is 16.3 Å². The van der Waals surface area contributed by atoms with Crippen molar-refractivity contribution in [2.75, 3.05) is 7.11 Å². The van der Waals surface area contributed by atoms with Gasteiger partial charge in [0.15, 0.2) is 0 Å². The number of carboxylic acids is 1. The van der Waals surface area contributed by atoms with Gasteiger partial charge < -0.3 is 15.2 Å². The number of thiazole rings is 1. The predicted molar refractivity (Wildman–Crippen MR) is 92.4 cm³/mol. The molecule has 0 bridgehead atoms. The third-order valence-electron chi connectivity index (χ3n) is 3.38. The number of amides is 1. The van der Waals surface area contributed by atoms with E-state index in [0.717, 1.165) is 11.3 Å². The number of rotatable bonds is 7. The molecule has 0 unspecified atom stereocenters. The Labute approximate surface area is 144 Å². The average molecular weight is 348 g/mol. The molecule has 1 heterocycles. The van der Waals surface area contributed by atoms with Crippen LogP contribution in [0.25, 0.3) is 10.6 Å². The molecule has 0 radical (unpaired) electrons. The highest BCUT2D eigenvalue weighted by atomic mass is 32.1. The molecule has 0 saturated heterocycles. The van der Waals surface area contributed by atoms with Crippen LogP contribution in [0, 0.1) is 5.92 Å². The quantitative estimate of drug-likeness (QED) is 0.803. The smallest absolute Gasteiger partial charge is 0.326 e. The van der Waals surface area contributed by atoms with Crippen LogP contribution >= 0.6 is 11.3 Å². The summed E-state index contributed by atoms with van der Waals surface area (Å²) >= 11 is 1.22. The summed E-state index contributed by atoms with van der Waals surface area (Å²) in [5.74, 6) is -0.536. The highest BCUT2D eigenvalue weighted by Crippen LogP contribution is 2.27. The van der Waals surface area contributed by atoms with Gasteiger partial charge in [-0.2, -0.15) is 0 Å². The summed E-state index contributed by atoms with van der Waals surface area (Å²) in [7, 11) is 1.59. The number of carbonyl (C=O) groups is 2. The third-order valence-corrected chi connectivity index (χ3v) is 4.42. The van der Waals surface area contributed by atoms with Crippen LogP contribution < -0.4 is 10.1 Å². The van der Waals surface area contributed by atoms with Crippen LogP contribution in [-0.4, -0.2) is 35.1 Å². The Kier molecular flexibility index (Phi) is 5.92. The molecule has 6 nitrogen and oxygen atoms in total. The van der Waals surface area contributed by atoms with E-state index in [9.17, 15) is 14.7 Å². The van der Waals surface area contributed by atoms with Gasteiger partial charge in [-0.1, -0.05) is 13.8 Å². The molecule has 1 aromatic carbocycles. The van der Waals surface area contributed by atoms with E-state index >= 15 is 0 Å². The Morgan fingerprint density at radius 2 is 1.96 bits per heavy atom. The second-order valence-electron chi connectivity index (χ2n) is 5.75. The number of nitrogens with zero attached hydrogens (tertiary/aromatic N) is 1. The van der Waals surface area contributed by atoms with Crippen molar-refractivity contribution in [1.82, 2.24) is 10.3 Å². The van der Waals surface area contributed by atoms with E-state index in [2.05, 4.69) is 10.3 Å². The lowest BCUT2D eigenvalue weighted by Crippen LogP contribution is -2.41. The standard InChI is InChI=1S/C17H20N2O4S/c1-10(2)8-13(17(21)22)19-15(20)14-9-18-16(24-14)11-4-6-12(23-3)7-5-11/h4-7,9-10,13H,8H2,1-3H3,(H,19,20)(H,21,22)/t13-/m0/s1. The number of aromatic nitrogens is 1. The van der Waals surface area contributed by atoms with Crippen LogP contribution in [0.5, 0.6) is 5.75 Å². The molecule has 2 rings (SSSR count). The van der Waals surface area contributed by atoms with Gasteiger partial charge in [0.1, 0.15) is 21.7 Å². The van der Waals surface area contributed by atoms with E-state index < -0.39 is 17.9 Å². The van der Waals surface area contributed by atoms with Gasteiger partial charge >= 0.3 is 5.97 Å². The average Bonchev–Trinajstić information content (AvgIpc) is 3.04. The highest BCUT2D eigenvalue weighted by molar-refractivity contribution is 7.16. The Morgan fingerprint density at radius 1 is 1.29 bits per heavy atom. The first-order valence-corrected chi connectivity index (χ1v) is 8.36. The van der Waals surface area contributed by atoms with Crippen LogP contribution in [0.4, 0.5) is 0 Å². The van der Waals surface area contributed by atoms with E-state index in [1.165, 1.54) is 17.5 Å². The first-order valence-electron chi connectivity index (χ1n) is 7.54. The number of carbonyl (C=O) groups excluding carboxylic acids is 1. The van der Waals surface area contributed by atoms with Crippen LogP contribution in [-0.2, 0) is 4.79 Å². The normalized spacial score (nSPS) is 12.0. The van der Waals surface area contributed by atoms with Crippen LogP contribution in [0.2, 0.25) is 0 Å². The topological polar surface area (TPSA) is 88.5 Å². The van der Waals surface area contributed by atoms with Crippen LogP contribution in [0.1, 0.15) is 29.9 Å². The molecular weight excluding hydrogens is 328 g/mol. The lowest BCUT2D eigenvalue weighted by molar-refractivity contribution is -0.139. The molecule has 24 heavy (non-hydrogen) atoms. The zero-order valence-electron chi connectivity index (χ0n) is 13.8. The summed E-state index contributed by atoms with van der Waals surface area (Å²) in [5.41, 5.74) is 0.872. The van der Waals surface area contributed by atoms with Gasteiger partial charge in [-0.25, -0.2) is 9.78 Å². The maximum atomic E-state index is 12.3. The summed E-state index contributed by atoms with van der Waals surface area (Å²) in [4.78, 5) is 28.1. The van der Waals surface area contributed by atoms with E-state index in [0.29, 0.717) is 16.3 Å². The minimum Gasteiger partial charge on any atom is -0.497 e. The summed E-state index contributed by atoms with van der Waals surface area (Å²) in [5, 5.41) is 12.5. The van der Waals surface area contributed by atoms with Gasteiger partial charge in [-0.3, -0.25) is 4.79 Å². The van der Waals surface area contributed by atoms with Gasteiger partial charge in [0.05, 0.1) is 13.3 Å². The molecule has 0 aliphatic heterocycles. The Morgan fingerprint density at radius 3 is 2.50 bits per heavy atom. The Bertz CT molecular complexity index is 710. The molecule has 0 saturated carbocycles. The number of hydrogen-bond acceptors (Lipinski definition) is 5. The number of carboxylic acid groups (broad SMARTS) is 1. The summed E-state index contributed by atoms with van der Waals surface area (Å²) in [6, 6.07) is 6.46. The molecule has 128 valence electrons. The molecule has 0 aliphatic rings. The van der Waals surface area contributed by atoms with Crippen molar-refractivity contribution in [1.29, 1.82) is 0 Å². The van der Waals surface area contributed by atoms with Gasteiger partial charge in [0.2, 0.25) is 0 Å². The SMILES string of the molecule is COc1ccc(-c2ncc(C(=O)N[C@@H](CC(C)C)C(=O)O)s2)cc1. The van der Waals surface area contributed by atoms with Crippen molar-refractivity contribution in [3.63, 3.8) is 0 Å². The molecule has 7 heteroatoms. The third kappa shape index (κ3) is 4.55. The second-order valence-corrected chi connectivity index (χ2v) is 6.78. The highest BCUT2D eigenvalue weighted by Gasteiger charge is 2.23. The lowest BCUT2D eigenvalue weighted by atomic mass is 10.0. The zero-order valence-corrected chi connectivity index (χ0v) is 14.6. The van der Waals surface area contributed by atoms with Crippen molar-refractivity contribution in [2.24, 2.45) is 5.92 Å². The van der Waals surface area contributed by atoms with Gasteiger partial charge in [-0.05, 0) is 36.6 Å². The number of nitrogens with one attached hydrogen (secondary N) is 1. The van der Waals surface area contributed by atoms with E-state index in [1.807, 2.05) is 38.1 Å². The second kappa shape index (κ2) is 7.92. The first-order chi connectivity index (χ1) is 11.4. The molecule has 2 aromatic rings. The molecule has 1 aromatic heterocycles. The number of hydrogen-bond donors (Lipinski definition) is 2. The number of benzene rings is 1. The van der Waals surface area contributed by atoms with Gasteiger partial charge in [-0.15, -0.1) is 11.3 Å². The Balaban J connectivity index is 2.10. The number of ether oxygens (including phenoxy) is 1. The van der Waals surface area contributed by atoms with Gasteiger partial charge in [0.25, 0.3) is 5.91 Å². The molecule has 2 N–H and O–H groups in total. The van der Waals surface area contributed by atoms with E-state index in [-0.39, 0.29) is 5.92 Å². The predicted octanol–water partition coefficient (Wildman–Crippen LogP) is 3.05. The largest absolute Gasteiger partial charge is 0.497 e. The van der Waals surface area contributed by atoms with Crippen molar-refractivity contribution in [2.45, 2.75) is 26.3 Å². The minimum absolute atomic E-state index is 0.169. The zero-order chi connectivity index (χ0) is 17.7. The van der Waals surface area contributed by atoms with Crippen molar-refractivity contribution in [3.05, 3.63) is 35.3 Å². The molecule has 0 aliphatic carbocycles. The van der Waals surface area contributed by atoms with Crippen molar-refractivity contribution >= 4 is 23.2 Å². The summed E-state index contributed by atoms with van der Waals surface area (Å²) < 4.78 is 5.11. The fraction of sp³-hybridized carbons (Fsp3) is 0.353. The number of methoxy groups -OCH3 is 1. The summed E-state index contributed by atoms with van der Waals surface area (Å²) in [6.07, 6.45) is 1.85. The lowest BCUT2D eigenvalue weighted by Gasteiger charge is -2.15. The summed E-state index contributed by atoms with van der Waals surface area (Å²) in [6.45, 7) is 3.83. The minimum atomic E-state index is -1.03. The fourth-order valence-corrected chi connectivity index (χ4v) is 2.99. The van der Waals surface area contributed by atoms with Crippen LogP contribution in [0.15, 0.2) is 30.5 Å². The van der Waals surface area contributed by atoms with E-state index in [1.54, 1.807) is 7.11 Å². The molecule has 1 atom stereocenters. The molecule has 0 fully saturated rings. The van der Waals surface area contributed by atoms with E-state index in [4.69, 9.17) is 4.74 Å². The maximum Gasteiger partial charge on any atom is 0.326 e. The molecule has 0 spiro atoms. The molecule has 1 amide bonds.